The lowest BCUT2D eigenvalue weighted by atomic mass is 10.1. The van der Waals surface area contributed by atoms with Crippen molar-refractivity contribution in [2.45, 2.75) is 13.8 Å². The van der Waals surface area contributed by atoms with Gasteiger partial charge < -0.3 is 16.4 Å². The first kappa shape index (κ1) is 15.5. The Balaban J connectivity index is 2.15. The van der Waals surface area contributed by atoms with Gasteiger partial charge in [0.25, 0.3) is 0 Å². The summed E-state index contributed by atoms with van der Waals surface area (Å²) in [6.07, 6.45) is 0. The van der Waals surface area contributed by atoms with E-state index in [0.717, 1.165) is 11.1 Å². The van der Waals surface area contributed by atoms with Gasteiger partial charge in [-0.2, -0.15) is 0 Å². The number of hydrogen-bond acceptors (Lipinski definition) is 2. The van der Waals surface area contributed by atoms with Crippen molar-refractivity contribution in [3.63, 3.8) is 0 Å². The van der Waals surface area contributed by atoms with E-state index in [0.29, 0.717) is 27.1 Å². The van der Waals surface area contributed by atoms with Crippen LogP contribution < -0.4 is 16.4 Å². The summed E-state index contributed by atoms with van der Waals surface area (Å²) in [6.45, 7) is 3.75. The first-order valence-corrected chi connectivity index (χ1v) is 7.02. The highest BCUT2D eigenvalue weighted by Crippen LogP contribution is 2.26. The molecule has 110 valence electrons. The minimum absolute atomic E-state index is 0.397. The second kappa shape index (κ2) is 6.24. The normalized spacial score (nSPS) is 10.3. The Bertz CT molecular complexity index is 702. The highest BCUT2D eigenvalue weighted by Gasteiger charge is 2.09. The lowest BCUT2D eigenvalue weighted by Gasteiger charge is -2.13. The van der Waals surface area contributed by atoms with E-state index in [9.17, 15) is 4.79 Å². The number of halogens is 2. The first-order valence-electron chi connectivity index (χ1n) is 6.26. The Hall–Kier alpha value is -1.91. The van der Waals surface area contributed by atoms with Crippen LogP contribution in [-0.2, 0) is 0 Å². The number of aryl methyl sites for hydroxylation is 2. The molecule has 0 heterocycles. The summed E-state index contributed by atoms with van der Waals surface area (Å²) in [5.74, 6) is 0. The van der Waals surface area contributed by atoms with Gasteiger partial charge in [-0.15, -0.1) is 0 Å². The van der Waals surface area contributed by atoms with Gasteiger partial charge in [0.05, 0.1) is 10.7 Å². The lowest BCUT2D eigenvalue weighted by Crippen LogP contribution is -2.20. The topological polar surface area (TPSA) is 67.2 Å². The summed E-state index contributed by atoms with van der Waals surface area (Å²) >= 11 is 11.9. The Kier molecular flexibility index (Phi) is 4.60. The fourth-order valence-corrected chi connectivity index (χ4v) is 2.18. The number of hydrogen-bond donors (Lipinski definition) is 3. The van der Waals surface area contributed by atoms with Crippen molar-refractivity contribution in [1.29, 1.82) is 0 Å². The maximum Gasteiger partial charge on any atom is 0.323 e. The van der Waals surface area contributed by atoms with Gasteiger partial charge in [-0.25, -0.2) is 4.79 Å². The number of nitrogens with one attached hydrogen (secondary N) is 2. The molecule has 2 aromatic carbocycles. The number of nitrogens with two attached hydrogens (primary N) is 1. The minimum Gasteiger partial charge on any atom is -0.399 e. The number of rotatable bonds is 2. The van der Waals surface area contributed by atoms with Crippen LogP contribution in [0, 0.1) is 13.8 Å². The van der Waals surface area contributed by atoms with Crippen LogP contribution in [0.3, 0.4) is 0 Å². The maximum atomic E-state index is 12.0. The van der Waals surface area contributed by atoms with E-state index in [4.69, 9.17) is 28.9 Å². The molecule has 0 radical (unpaired) electrons. The SMILES string of the molecule is Cc1cc(NC(=O)Nc2cc(Cl)ccc2Cl)c(C)cc1N. The van der Waals surface area contributed by atoms with Crippen molar-refractivity contribution < 1.29 is 4.79 Å². The smallest absolute Gasteiger partial charge is 0.323 e. The van der Waals surface area contributed by atoms with Gasteiger partial charge >= 0.3 is 6.03 Å². The van der Waals surface area contributed by atoms with Crippen LogP contribution in [0.15, 0.2) is 30.3 Å². The lowest BCUT2D eigenvalue weighted by molar-refractivity contribution is 0.262. The van der Waals surface area contributed by atoms with Crippen LogP contribution in [0.5, 0.6) is 0 Å². The molecule has 2 aromatic rings. The molecule has 4 nitrogen and oxygen atoms in total. The van der Waals surface area contributed by atoms with E-state index in [2.05, 4.69) is 10.6 Å². The van der Waals surface area contributed by atoms with Crippen LogP contribution in [0.4, 0.5) is 21.9 Å². The molecule has 0 atom stereocenters. The molecular formula is C15H15Cl2N3O. The van der Waals surface area contributed by atoms with E-state index in [1.807, 2.05) is 26.0 Å². The summed E-state index contributed by atoms with van der Waals surface area (Å²) in [5, 5.41) is 6.34. The van der Waals surface area contributed by atoms with Crippen LogP contribution in [0.1, 0.15) is 11.1 Å². The average molecular weight is 324 g/mol. The van der Waals surface area contributed by atoms with Crippen molar-refractivity contribution >= 4 is 46.3 Å². The van der Waals surface area contributed by atoms with Crippen molar-refractivity contribution in [3.8, 4) is 0 Å². The molecule has 0 aromatic heterocycles. The number of anilines is 3. The third-order valence-corrected chi connectivity index (χ3v) is 3.60. The van der Waals surface area contributed by atoms with E-state index in [1.165, 1.54) is 0 Å². The van der Waals surface area contributed by atoms with Crippen molar-refractivity contribution in [2.75, 3.05) is 16.4 Å². The van der Waals surface area contributed by atoms with E-state index >= 15 is 0 Å². The summed E-state index contributed by atoms with van der Waals surface area (Å²) < 4.78 is 0. The van der Waals surface area contributed by atoms with Gasteiger partial charge in [0.1, 0.15) is 0 Å². The second-order valence-corrected chi connectivity index (χ2v) is 5.57. The Morgan fingerprint density at radius 3 is 2.38 bits per heavy atom. The third kappa shape index (κ3) is 3.80. The van der Waals surface area contributed by atoms with Gasteiger partial charge in [-0.05, 0) is 55.3 Å². The summed E-state index contributed by atoms with van der Waals surface area (Å²) in [7, 11) is 0. The van der Waals surface area contributed by atoms with E-state index in [1.54, 1.807) is 18.2 Å². The fourth-order valence-electron chi connectivity index (χ4n) is 1.84. The summed E-state index contributed by atoms with van der Waals surface area (Å²) in [4.78, 5) is 12.0. The second-order valence-electron chi connectivity index (χ2n) is 4.73. The van der Waals surface area contributed by atoms with Gasteiger partial charge in [-0.1, -0.05) is 23.2 Å². The molecular weight excluding hydrogens is 309 g/mol. The van der Waals surface area contributed by atoms with Gasteiger partial charge in [0.2, 0.25) is 0 Å². The number of nitrogen functional groups attached to an aromatic ring is 1. The van der Waals surface area contributed by atoms with Crippen LogP contribution in [0.2, 0.25) is 10.0 Å². The molecule has 0 aliphatic heterocycles. The molecule has 0 saturated heterocycles. The molecule has 0 aliphatic carbocycles. The Labute approximate surface area is 133 Å². The highest BCUT2D eigenvalue weighted by molar-refractivity contribution is 6.35. The van der Waals surface area contributed by atoms with Crippen LogP contribution in [0.25, 0.3) is 0 Å². The molecule has 4 N–H and O–H groups in total. The fraction of sp³-hybridized carbons (Fsp3) is 0.133. The average Bonchev–Trinajstić information content (AvgIpc) is 2.40. The Morgan fingerprint density at radius 1 is 1.00 bits per heavy atom. The van der Waals surface area contributed by atoms with Crippen LogP contribution in [-0.4, -0.2) is 6.03 Å². The standard InChI is InChI=1S/C15H15Cl2N3O/c1-8-6-13(9(2)5-12(8)18)19-15(21)20-14-7-10(16)3-4-11(14)17/h3-7H,18H2,1-2H3,(H2,19,20,21). The molecule has 0 saturated carbocycles. The zero-order valence-corrected chi connectivity index (χ0v) is 13.1. The van der Waals surface area contributed by atoms with E-state index < -0.39 is 6.03 Å². The predicted molar refractivity (Wildman–Crippen MR) is 89.4 cm³/mol. The zero-order valence-electron chi connectivity index (χ0n) is 11.6. The zero-order chi connectivity index (χ0) is 15.6. The first-order chi connectivity index (χ1) is 9.86. The molecule has 21 heavy (non-hydrogen) atoms. The Morgan fingerprint density at radius 2 is 1.67 bits per heavy atom. The van der Waals surface area contributed by atoms with E-state index in [-0.39, 0.29) is 0 Å². The molecule has 0 spiro atoms. The van der Waals surface area contributed by atoms with Gasteiger partial charge in [-0.3, -0.25) is 0 Å². The van der Waals surface area contributed by atoms with Crippen molar-refractivity contribution in [1.82, 2.24) is 0 Å². The highest BCUT2D eigenvalue weighted by atomic mass is 35.5. The minimum atomic E-state index is -0.397. The number of benzene rings is 2. The number of carbonyl (C=O) groups is 1. The summed E-state index contributed by atoms with van der Waals surface area (Å²) in [5.41, 5.74) is 9.43. The monoisotopic (exact) mass is 323 g/mol. The molecule has 0 bridgehead atoms. The number of amides is 2. The molecule has 6 heteroatoms. The molecule has 2 rings (SSSR count). The molecule has 0 fully saturated rings. The third-order valence-electron chi connectivity index (χ3n) is 3.04. The van der Waals surface area contributed by atoms with Crippen molar-refractivity contribution in [2.24, 2.45) is 0 Å². The molecule has 0 unspecified atom stereocenters. The van der Waals surface area contributed by atoms with Crippen LogP contribution >= 0.6 is 23.2 Å². The molecule has 2 amide bonds. The molecule has 0 aliphatic rings. The van der Waals surface area contributed by atoms with Gasteiger partial charge in [0.15, 0.2) is 0 Å². The number of carbonyl (C=O) groups excluding carboxylic acids is 1. The largest absolute Gasteiger partial charge is 0.399 e. The van der Waals surface area contributed by atoms with Gasteiger partial charge in [0, 0.05) is 16.4 Å². The quantitative estimate of drug-likeness (QED) is 0.692. The maximum absolute atomic E-state index is 12.0. The summed E-state index contributed by atoms with van der Waals surface area (Å²) in [6, 6.07) is 8.11. The number of urea groups is 1. The predicted octanol–water partition coefficient (Wildman–Crippen LogP) is 4.84. The van der Waals surface area contributed by atoms with Crippen molar-refractivity contribution in [3.05, 3.63) is 51.5 Å².